The second kappa shape index (κ2) is 7.77. The lowest BCUT2D eigenvalue weighted by molar-refractivity contribution is -0.130. The van der Waals surface area contributed by atoms with Crippen molar-refractivity contribution >= 4 is 39.2 Å². The van der Waals surface area contributed by atoms with Gasteiger partial charge < -0.3 is 4.90 Å². The van der Waals surface area contributed by atoms with Crippen LogP contribution in [0.3, 0.4) is 0 Å². The van der Waals surface area contributed by atoms with Gasteiger partial charge in [-0.05, 0) is 30.9 Å². The molecule has 2 aromatic heterocycles. The van der Waals surface area contributed by atoms with Gasteiger partial charge in [-0.15, -0.1) is 11.3 Å². The molecule has 0 atom stereocenters. The lowest BCUT2D eigenvalue weighted by atomic mass is 10.2. The molecule has 0 N–H and O–H groups in total. The molecule has 0 bridgehead atoms. The van der Waals surface area contributed by atoms with Crippen molar-refractivity contribution in [2.75, 3.05) is 5.75 Å². The highest BCUT2D eigenvalue weighted by molar-refractivity contribution is 8.00. The second-order valence-electron chi connectivity index (χ2n) is 5.70. The number of benzene rings is 1. The minimum absolute atomic E-state index is 0.127. The molecule has 0 unspecified atom stereocenters. The number of thiophene rings is 1. The number of carbonyl (C=O) groups is 1. The first-order valence-corrected chi connectivity index (χ1v) is 9.66. The Labute approximate surface area is 149 Å². The maximum Gasteiger partial charge on any atom is 0.233 e. The first-order valence-electron chi connectivity index (χ1n) is 7.79. The molecule has 24 heavy (non-hydrogen) atoms. The first-order chi connectivity index (χ1) is 11.6. The van der Waals surface area contributed by atoms with Gasteiger partial charge in [0.1, 0.15) is 11.4 Å². The van der Waals surface area contributed by atoms with E-state index in [2.05, 4.69) is 22.1 Å². The lowest BCUT2D eigenvalue weighted by Gasteiger charge is -2.26. The zero-order chi connectivity index (χ0) is 16.9. The van der Waals surface area contributed by atoms with E-state index in [1.807, 2.05) is 48.4 Å². The summed E-state index contributed by atoms with van der Waals surface area (Å²) in [5, 5.41) is 2.88. The monoisotopic (exact) mass is 357 g/mol. The summed E-state index contributed by atoms with van der Waals surface area (Å²) in [6.07, 6.45) is 1.56. The van der Waals surface area contributed by atoms with Gasteiger partial charge >= 0.3 is 0 Å². The van der Waals surface area contributed by atoms with Crippen molar-refractivity contribution < 1.29 is 4.79 Å². The van der Waals surface area contributed by atoms with Crippen molar-refractivity contribution in [2.45, 2.75) is 31.5 Å². The molecule has 2 heterocycles. The van der Waals surface area contributed by atoms with E-state index >= 15 is 0 Å². The minimum Gasteiger partial charge on any atom is -0.335 e. The Morgan fingerprint density at radius 1 is 1.21 bits per heavy atom. The molecular formula is C18H19N3OS2. The topological polar surface area (TPSA) is 46.1 Å². The maximum absolute atomic E-state index is 12.7. The van der Waals surface area contributed by atoms with Crippen LogP contribution in [0.25, 0.3) is 10.2 Å². The summed E-state index contributed by atoms with van der Waals surface area (Å²) < 4.78 is 1.05. The van der Waals surface area contributed by atoms with E-state index in [1.54, 1.807) is 17.7 Å². The predicted octanol–water partition coefficient (Wildman–Crippen LogP) is 4.22. The Morgan fingerprint density at radius 2 is 2.00 bits per heavy atom. The molecule has 0 aliphatic rings. The van der Waals surface area contributed by atoms with E-state index in [0.29, 0.717) is 12.3 Å². The molecule has 0 aliphatic heterocycles. The van der Waals surface area contributed by atoms with Crippen LogP contribution in [-0.2, 0) is 11.3 Å². The van der Waals surface area contributed by atoms with Gasteiger partial charge in [0.15, 0.2) is 0 Å². The number of fused-ring (bicyclic) bond motifs is 1. The van der Waals surface area contributed by atoms with Crippen LogP contribution in [0, 0.1) is 0 Å². The van der Waals surface area contributed by atoms with Crippen LogP contribution in [0.4, 0.5) is 0 Å². The highest BCUT2D eigenvalue weighted by atomic mass is 32.2. The summed E-state index contributed by atoms with van der Waals surface area (Å²) in [6.45, 7) is 4.73. The molecule has 124 valence electrons. The van der Waals surface area contributed by atoms with Gasteiger partial charge in [0.25, 0.3) is 0 Å². The van der Waals surface area contributed by atoms with Gasteiger partial charge in [0.05, 0.1) is 16.0 Å². The Kier molecular flexibility index (Phi) is 5.48. The van der Waals surface area contributed by atoms with Crippen molar-refractivity contribution in [2.24, 2.45) is 0 Å². The van der Waals surface area contributed by atoms with Crippen LogP contribution in [0.1, 0.15) is 19.4 Å². The quantitative estimate of drug-likeness (QED) is 0.489. The molecule has 0 aliphatic carbocycles. The number of amides is 1. The lowest BCUT2D eigenvalue weighted by Crippen LogP contribution is -2.37. The molecule has 3 rings (SSSR count). The van der Waals surface area contributed by atoms with Gasteiger partial charge in [-0.3, -0.25) is 4.79 Å². The number of aromatic nitrogens is 2. The summed E-state index contributed by atoms with van der Waals surface area (Å²) in [6, 6.07) is 12.2. The first kappa shape index (κ1) is 16.9. The van der Waals surface area contributed by atoms with Crippen molar-refractivity contribution in [3.63, 3.8) is 0 Å². The summed E-state index contributed by atoms with van der Waals surface area (Å²) in [5.41, 5.74) is 2.09. The molecule has 0 fully saturated rings. The summed E-state index contributed by atoms with van der Waals surface area (Å²) >= 11 is 3.10. The van der Waals surface area contributed by atoms with Crippen LogP contribution in [0.5, 0.6) is 0 Å². The minimum atomic E-state index is 0.127. The number of rotatable bonds is 6. The van der Waals surface area contributed by atoms with Crippen LogP contribution in [0.2, 0.25) is 0 Å². The number of hydrogen-bond donors (Lipinski definition) is 0. The summed E-state index contributed by atoms with van der Waals surface area (Å²) in [7, 11) is 0. The molecule has 0 radical (unpaired) electrons. The molecule has 1 aromatic carbocycles. The zero-order valence-electron chi connectivity index (χ0n) is 13.7. The second-order valence-corrected chi connectivity index (χ2v) is 7.58. The van der Waals surface area contributed by atoms with Crippen molar-refractivity contribution in [3.05, 3.63) is 53.7 Å². The third-order valence-corrected chi connectivity index (χ3v) is 5.70. The fraction of sp³-hybridized carbons (Fsp3) is 0.278. The van der Waals surface area contributed by atoms with Gasteiger partial charge in [0, 0.05) is 12.6 Å². The van der Waals surface area contributed by atoms with Gasteiger partial charge in [-0.25, -0.2) is 9.97 Å². The van der Waals surface area contributed by atoms with E-state index in [4.69, 9.17) is 0 Å². The standard InChI is InChI=1S/C18H19N3OS2/c1-13(2)21(10-14-6-4-3-5-7-14)16(22)11-24-18-17-15(8-9-23-17)19-12-20-18/h3-9,12-13H,10-11H2,1-2H3. The average molecular weight is 358 g/mol. The van der Waals surface area contributed by atoms with Crippen LogP contribution in [0.15, 0.2) is 53.1 Å². The number of carbonyl (C=O) groups excluding carboxylic acids is 1. The molecule has 1 amide bonds. The third kappa shape index (κ3) is 3.94. The van der Waals surface area contributed by atoms with Gasteiger partial charge in [-0.1, -0.05) is 42.1 Å². The average Bonchev–Trinajstić information content (AvgIpc) is 3.07. The molecule has 3 aromatic rings. The van der Waals surface area contributed by atoms with Crippen molar-refractivity contribution in [3.8, 4) is 0 Å². The molecular weight excluding hydrogens is 338 g/mol. The van der Waals surface area contributed by atoms with Crippen LogP contribution >= 0.6 is 23.1 Å². The Morgan fingerprint density at radius 3 is 2.75 bits per heavy atom. The fourth-order valence-corrected chi connectivity index (χ4v) is 4.25. The van der Waals surface area contributed by atoms with E-state index in [1.165, 1.54) is 11.8 Å². The number of thioether (sulfide) groups is 1. The largest absolute Gasteiger partial charge is 0.335 e. The van der Waals surface area contributed by atoms with E-state index in [-0.39, 0.29) is 11.9 Å². The van der Waals surface area contributed by atoms with E-state index in [0.717, 1.165) is 20.8 Å². The fourth-order valence-electron chi connectivity index (χ4n) is 2.42. The third-order valence-electron chi connectivity index (χ3n) is 3.68. The highest BCUT2D eigenvalue weighted by Gasteiger charge is 2.18. The molecule has 6 heteroatoms. The summed E-state index contributed by atoms with van der Waals surface area (Å²) in [4.78, 5) is 23.2. The summed E-state index contributed by atoms with van der Waals surface area (Å²) in [5.74, 6) is 0.511. The Balaban J connectivity index is 1.68. The van der Waals surface area contributed by atoms with E-state index < -0.39 is 0 Å². The number of hydrogen-bond acceptors (Lipinski definition) is 5. The molecule has 0 saturated carbocycles. The highest BCUT2D eigenvalue weighted by Crippen LogP contribution is 2.29. The Hall–Kier alpha value is -1.92. The SMILES string of the molecule is CC(C)N(Cc1ccccc1)C(=O)CSc1ncnc2ccsc12. The van der Waals surface area contributed by atoms with E-state index in [9.17, 15) is 4.79 Å². The Bertz CT molecular complexity index is 817. The van der Waals surface area contributed by atoms with Crippen molar-refractivity contribution in [1.82, 2.24) is 14.9 Å². The molecule has 4 nitrogen and oxygen atoms in total. The number of nitrogens with zero attached hydrogens (tertiary/aromatic N) is 3. The van der Waals surface area contributed by atoms with Crippen LogP contribution in [-0.4, -0.2) is 32.6 Å². The maximum atomic E-state index is 12.7. The van der Waals surface area contributed by atoms with Gasteiger partial charge in [-0.2, -0.15) is 0 Å². The van der Waals surface area contributed by atoms with Crippen LogP contribution < -0.4 is 0 Å². The smallest absolute Gasteiger partial charge is 0.233 e. The normalized spacial score (nSPS) is 11.1. The predicted molar refractivity (Wildman–Crippen MR) is 100 cm³/mol. The zero-order valence-corrected chi connectivity index (χ0v) is 15.3. The molecule has 0 spiro atoms. The van der Waals surface area contributed by atoms with Gasteiger partial charge in [0.2, 0.25) is 5.91 Å². The molecule has 0 saturated heterocycles. The van der Waals surface area contributed by atoms with Crippen molar-refractivity contribution in [1.29, 1.82) is 0 Å².